The van der Waals surface area contributed by atoms with E-state index < -0.39 is 12.0 Å². The molecule has 4 nitrogen and oxygen atoms in total. The molecule has 0 fully saturated rings. The zero-order valence-electron chi connectivity index (χ0n) is 15.9. The first-order chi connectivity index (χ1) is 14.1. The smallest absolute Gasteiger partial charge is 0.329 e. The van der Waals surface area contributed by atoms with Crippen LogP contribution in [0.2, 0.25) is 0 Å². The molecule has 1 atom stereocenters. The van der Waals surface area contributed by atoms with E-state index in [-0.39, 0.29) is 24.8 Å². The third kappa shape index (κ3) is 6.57. The molecule has 1 N–H and O–H groups in total. The van der Waals surface area contributed by atoms with Gasteiger partial charge in [0.2, 0.25) is 5.91 Å². The maximum Gasteiger partial charge on any atom is 0.329 e. The summed E-state index contributed by atoms with van der Waals surface area (Å²) in [5.74, 6) is -1.18. The predicted molar refractivity (Wildman–Crippen MR) is 108 cm³/mol. The van der Waals surface area contributed by atoms with E-state index >= 15 is 0 Å². The Morgan fingerprint density at radius 1 is 0.793 bits per heavy atom. The van der Waals surface area contributed by atoms with E-state index in [9.17, 15) is 14.0 Å². The highest BCUT2D eigenvalue weighted by Gasteiger charge is 2.23. The lowest BCUT2D eigenvalue weighted by molar-refractivity contribution is -0.149. The van der Waals surface area contributed by atoms with E-state index in [1.54, 1.807) is 12.1 Å². The van der Waals surface area contributed by atoms with Crippen LogP contribution in [0.3, 0.4) is 0 Å². The lowest BCUT2D eigenvalue weighted by atomic mass is 10.1. The Labute approximate surface area is 169 Å². The average molecular weight is 391 g/mol. The molecular formula is C24H22FNO3. The Hall–Kier alpha value is -3.47. The zero-order chi connectivity index (χ0) is 20.5. The van der Waals surface area contributed by atoms with Gasteiger partial charge in [-0.1, -0.05) is 72.8 Å². The van der Waals surface area contributed by atoms with Gasteiger partial charge in [-0.3, -0.25) is 4.79 Å². The molecular weight excluding hydrogens is 369 g/mol. The summed E-state index contributed by atoms with van der Waals surface area (Å²) in [6.45, 7) is 0.138. The summed E-state index contributed by atoms with van der Waals surface area (Å²) < 4.78 is 18.5. The van der Waals surface area contributed by atoms with Gasteiger partial charge in [0.05, 0.1) is 6.42 Å². The van der Waals surface area contributed by atoms with E-state index in [2.05, 4.69) is 5.32 Å². The number of hydrogen-bond donors (Lipinski definition) is 1. The summed E-state index contributed by atoms with van der Waals surface area (Å²) >= 11 is 0. The van der Waals surface area contributed by atoms with Crippen LogP contribution < -0.4 is 5.32 Å². The molecule has 5 heteroatoms. The summed E-state index contributed by atoms with van der Waals surface area (Å²) in [5.41, 5.74) is 2.45. The van der Waals surface area contributed by atoms with Gasteiger partial charge in [0, 0.05) is 6.42 Å². The highest BCUT2D eigenvalue weighted by atomic mass is 19.1. The first-order valence-corrected chi connectivity index (χ1v) is 9.38. The van der Waals surface area contributed by atoms with Gasteiger partial charge in [-0.05, 0) is 28.8 Å². The number of esters is 1. The number of halogens is 1. The summed E-state index contributed by atoms with van der Waals surface area (Å²) in [5, 5.41) is 2.76. The molecule has 0 aliphatic rings. The molecule has 0 aromatic heterocycles. The van der Waals surface area contributed by atoms with Gasteiger partial charge >= 0.3 is 5.97 Å². The third-order valence-corrected chi connectivity index (χ3v) is 4.40. The van der Waals surface area contributed by atoms with Gasteiger partial charge in [0.15, 0.2) is 0 Å². The molecule has 3 aromatic rings. The number of carbonyl (C=O) groups is 2. The Kier molecular flexibility index (Phi) is 7.11. The Balaban J connectivity index is 1.65. The minimum absolute atomic E-state index is 0.0531. The second-order valence-corrected chi connectivity index (χ2v) is 6.71. The minimum atomic E-state index is -0.811. The van der Waals surface area contributed by atoms with Crippen LogP contribution in [0, 0.1) is 5.82 Å². The predicted octanol–water partition coefficient (Wildman–Crippen LogP) is 3.84. The van der Waals surface area contributed by atoms with Crippen LogP contribution in [-0.2, 0) is 33.8 Å². The van der Waals surface area contributed by atoms with Crippen LogP contribution >= 0.6 is 0 Å². The standard InChI is InChI=1S/C24H22FNO3/c25-21-13-11-19(12-14-21)16-23(27)26-22(15-18-7-3-1-4-8-18)24(28)29-17-20-9-5-2-6-10-20/h1-14,22H,15-17H2,(H,26,27)/t22-/m0/s1. The van der Waals surface area contributed by atoms with E-state index in [0.29, 0.717) is 12.0 Å². The molecule has 29 heavy (non-hydrogen) atoms. The molecule has 0 saturated carbocycles. The van der Waals surface area contributed by atoms with Crippen molar-refractivity contribution >= 4 is 11.9 Å². The fraction of sp³-hybridized carbons (Fsp3) is 0.167. The van der Waals surface area contributed by atoms with Crippen molar-refractivity contribution in [1.82, 2.24) is 5.32 Å². The molecule has 0 heterocycles. The van der Waals surface area contributed by atoms with Crippen molar-refractivity contribution in [2.24, 2.45) is 0 Å². The summed E-state index contributed by atoms with van der Waals surface area (Å²) in [6, 6.07) is 23.7. The summed E-state index contributed by atoms with van der Waals surface area (Å²) in [7, 11) is 0. The van der Waals surface area contributed by atoms with Crippen molar-refractivity contribution in [3.63, 3.8) is 0 Å². The van der Waals surface area contributed by atoms with Crippen LogP contribution in [0.1, 0.15) is 16.7 Å². The van der Waals surface area contributed by atoms with Crippen molar-refractivity contribution < 1.29 is 18.7 Å². The second-order valence-electron chi connectivity index (χ2n) is 6.71. The number of ether oxygens (including phenoxy) is 1. The first-order valence-electron chi connectivity index (χ1n) is 9.38. The quantitative estimate of drug-likeness (QED) is 0.594. The molecule has 148 valence electrons. The Bertz CT molecular complexity index is 927. The monoisotopic (exact) mass is 391 g/mol. The van der Waals surface area contributed by atoms with Crippen molar-refractivity contribution in [3.05, 3.63) is 107 Å². The number of nitrogens with one attached hydrogen (secondary N) is 1. The highest BCUT2D eigenvalue weighted by molar-refractivity contribution is 5.85. The number of hydrogen-bond acceptors (Lipinski definition) is 3. The number of benzene rings is 3. The van der Waals surface area contributed by atoms with Crippen molar-refractivity contribution in [1.29, 1.82) is 0 Å². The Morgan fingerprint density at radius 2 is 1.38 bits per heavy atom. The normalized spacial score (nSPS) is 11.5. The van der Waals surface area contributed by atoms with Gasteiger partial charge < -0.3 is 10.1 Å². The fourth-order valence-electron chi connectivity index (χ4n) is 2.91. The Morgan fingerprint density at radius 3 is 2.00 bits per heavy atom. The van der Waals surface area contributed by atoms with Crippen LogP contribution in [-0.4, -0.2) is 17.9 Å². The maximum atomic E-state index is 13.0. The fourth-order valence-corrected chi connectivity index (χ4v) is 2.91. The van der Waals surface area contributed by atoms with Gasteiger partial charge in [0.25, 0.3) is 0 Å². The summed E-state index contributed by atoms with van der Waals surface area (Å²) in [6.07, 6.45) is 0.376. The van der Waals surface area contributed by atoms with Gasteiger partial charge in [-0.25, -0.2) is 9.18 Å². The summed E-state index contributed by atoms with van der Waals surface area (Å²) in [4.78, 5) is 25.1. The number of carbonyl (C=O) groups excluding carboxylic acids is 2. The second kappa shape index (κ2) is 10.2. The minimum Gasteiger partial charge on any atom is -0.459 e. The van der Waals surface area contributed by atoms with Gasteiger partial charge in [0.1, 0.15) is 18.5 Å². The lowest BCUT2D eigenvalue weighted by Crippen LogP contribution is -2.44. The molecule has 0 spiro atoms. The molecule has 3 aromatic carbocycles. The van der Waals surface area contributed by atoms with Crippen LogP contribution in [0.4, 0.5) is 4.39 Å². The topological polar surface area (TPSA) is 55.4 Å². The number of amides is 1. The van der Waals surface area contributed by atoms with Gasteiger partial charge in [-0.15, -0.1) is 0 Å². The molecule has 0 radical (unpaired) electrons. The van der Waals surface area contributed by atoms with Crippen molar-refractivity contribution in [3.8, 4) is 0 Å². The van der Waals surface area contributed by atoms with E-state index in [4.69, 9.17) is 4.74 Å². The average Bonchev–Trinajstić information content (AvgIpc) is 2.74. The van der Waals surface area contributed by atoms with Crippen LogP contribution in [0.15, 0.2) is 84.9 Å². The first kappa shape index (κ1) is 20.3. The van der Waals surface area contributed by atoms with Gasteiger partial charge in [-0.2, -0.15) is 0 Å². The van der Waals surface area contributed by atoms with E-state index in [1.165, 1.54) is 12.1 Å². The molecule has 3 rings (SSSR count). The van der Waals surface area contributed by atoms with Crippen molar-refractivity contribution in [2.45, 2.75) is 25.5 Å². The van der Waals surface area contributed by atoms with Crippen molar-refractivity contribution in [2.75, 3.05) is 0 Å². The van der Waals surface area contributed by atoms with E-state index in [1.807, 2.05) is 60.7 Å². The van der Waals surface area contributed by atoms with Crippen LogP contribution in [0.25, 0.3) is 0 Å². The molecule has 1 amide bonds. The van der Waals surface area contributed by atoms with Crippen LogP contribution in [0.5, 0.6) is 0 Å². The number of rotatable bonds is 8. The molecule has 0 aliphatic carbocycles. The highest BCUT2D eigenvalue weighted by Crippen LogP contribution is 2.09. The molecule has 0 bridgehead atoms. The van der Waals surface area contributed by atoms with E-state index in [0.717, 1.165) is 11.1 Å². The lowest BCUT2D eigenvalue weighted by Gasteiger charge is -2.18. The maximum absolute atomic E-state index is 13.0. The third-order valence-electron chi connectivity index (χ3n) is 4.40. The molecule has 0 saturated heterocycles. The largest absolute Gasteiger partial charge is 0.459 e. The zero-order valence-corrected chi connectivity index (χ0v) is 15.9. The molecule has 0 unspecified atom stereocenters. The SMILES string of the molecule is O=C(Cc1ccc(F)cc1)N[C@@H](Cc1ccccc1)C(=O)OCc1ccccc1. The molecule has 0 aliphatic heterocycles.